The molecule has 0 spiro atoms. The van der Waals surface area contributed by atoms with E-state index in [-0.39, 0.29) is 11.9 Å². The molecule has 22 heavy (non-hydrogen) atoms. The molecule has 1 aliphatic heterocycles. The summed E-state index contributed by atoms with van der Waals surface area (Å²) in [6, 6.07) is 0.142. The van der Waals surface area contributed by atoms with Gasteiger partial charge in [-0.2, -0.15) is 11.8 Å². The third-order valence-electron chi connectivity index (χ3n) is 4.15. The van der Waals surface area contributed by atoms with Gasteiger partial charge in [0.2, 0.25) is 5.91 Å². The quantitative estimate of drug-likeness (QED) is 0.682. The third kappa shape index (κ3) is 5.57. The van der Waals surface area contributed by atoms with Crippen molar-refractivity contribution in [2.24, 2.45) is 0 Å². The lowest BCUT2D eigenvalue weighted by atomic mass is 10.1. The van der Waals surface area contributed by atoms with Crippen LogP contribution in [0.25, 0.3) is 0 Å². The minimum Gasteiger partial charge on any atom is -0.342 e. The number of likely N-dealkylation sites (N-methyl/N-ethyl adjacent to an activating group) is 1. The molecule has 0 saturated carbocycles. The Balaban J connectivity index is 1.65. The fourth-order valence-electron chi connectivity index (χ4n) is 2.58. The maximum Gasteiger partial charge on any atom is 0.232 e. The van der Waals surface area contributed by atoms with Crippen LogP contribution in [0.5, 0.6) is 0 Å². The highest BCUT2D eigenvalue weighted by molar-refractivity contribution is 7.99. The van der Waals surface area contributed by atoms with Crippen LogP contribution in [0.15, 0.2) is 18.6 Å². The zero-order chi connectivity index (χ0) is 15.8. The number of nitrogens with zero attached hydrogens (tertiary/aromatic N) is 4. The second-order valence-corrected chi connectivity index (χ2v) is 6.96. The standard InChI is InChI=1S/C16H26N4OS/c1-14(11-15-12-17-5-6-18-15)19(2)16(21)13-22-10-9-20-7-3-4-8-20/h5-6,12,14H,3-4,7-11,13H2,1-2H3. The van der Waals surface area contributed by atoms with Crippen molar-refractivity contribution in [2.45, 2.75) is 32.2 Å². The molecule has 1 aliphatic rings. The summed E-state index contributed by atoms with van der Waals surface area (Å²) >= 11 is 1.74. The molecule has 0 aromatic carbocycles. The minimum atomic E-state index is 0.142. The van der Waals surface area contributed by atoms with Crippen LogP contribution in [0.2, 0.25) is 0 Å². The van der Waals surface area contributed by atoms with Gasteiger partial charge in [0.25, 0.3) is 0 Å². The number of likely N-dealkylation sites (tertiary alicyclic amines) is 1. The van der Waals surface area contributed by atoms with Gasteiger partial charge in [0.1, 0.15) is 0 Å². The van der Waals surface area contributed by atoms with Crippen molar-refractivity contribution < 1.29 is 4.79 Å². The average molecular weight is 322 g/mol. The molecule has 6 heteroatoms. The Morgan fingerprint density at radius 1 is 1.41 bits per heavy atom. The summed E-state index contributed by atoms with van der Waals surface area (Å²) in [4.78, 5) is 24.9. The molecule has 1 atom stereocenters. The summed E-state index contributed by atoms with van der Waals surface area (Å²) in [7, 11) is 1.88. The van der Waals surface area contributed by atoms with Crippen LogP contribution in [0.4, 0.5) is 0 Å². The first-order valence-electron chi connectivity index (χ1n) is 7.97. The maximum absolute atomic E-state index is 12.2. The van der Waals surface area contributed by atoms with Crippen molar-refractivity contribution in [1.29, 1.82) is 0 Å². The second-order valence-electron chi connectivity index (χ2n) is 5.86. The first-order valence-corrected chi connectivity index (χ1v) is 9.13. The number of thioether (sulfide) groups is 1. The summed E-state index contributed by atoms with van der Waals surface area (Å²) < 4.78 is 0. The first kappa shape index (κ1) is 17.2. The van der Waals surface area contributed by atoms with Crippen LogP contribution >= 0.6 is 11.8 Å². The van der Waals surface area contributed by atoms with Gasteiger partial charge in [-0.3, -0.25) is 14.8 Å². The van der Waals surface area contributed by atoms with E-state index in [4.69, 9.17) is 0 Å². The molecule has 1 aromatic rings. The topological polar surface area (TPSA) is 49.3 Å². The average Bonchev–Trinajstić information content (AvgIpc) is 3.05. The number of carbonyl (C=O) groups excluding carboxylic acids is 1. The van der Waals surface area contributed by atoms with Crippen LogP contribution in [-0.4, -0.2) is 69.9 Å². The molecule has 1 aromatic heterocycles. The molecule has 0 bridgehead atoms. The lowest BCUT2D eigenvalue weighted by Crippen LogP contribution is -2.38. The molecular formula is C16H26N4OS. The first-order chi connectivity index (χ1) is 10.7. The smallest absolute Gasteiger partial charge is 0.232 e. The summed E-state index contributed by atoms with van der Waals surface area (Å²) in [6.45, 7) is 5.62. The van der Waals surface area contributed by atoms with E-state index < -0.39 is 0 Å². The SMILES string of the molecule is CC(Cc1cnccn1)N(C)C(=O)CSCCN1CCCC1. The van der Waals surface area contributed by atoms with Crippen LogP contribution < -0.4 is 0 Å². The number of hydrogen-bond donors (Lipinski definition) is 0. The van der Waals surface area contributed by atoms with E-state index in [0.717, 1.165) is 24.4 Å². The van der Waals surface area contributed by atoms with Crippen molar-refractivity contribution in [3.05, 3.63) is 24.3 Å². The molecule has 5 nitrogen and oxygen atoms in total. The van der Waals surface area contributed by atoms with E-state index in [1.165, 1.54) is 25.9 Å². The van der Waals surface area contributed by atoms with Crippen molar-refractivity contribution in [2.75, 3.05) is 38.2 Å². The molecule has 0 N–H and O–H groups in total. The summed E-state index contributed by atoms with van der Waals surface area (Å²) in [5, 5.41) is 0. The van der Waals surface area contributed by atoms with E-state index in [1.807, 2.05) is 11.9 Å². The van der Waals surface area contributed by atoms with Crippen LogP contribution in [0.1, 0.15) is 25.5 Å². The molecule has 1 saturated heterocycles. The normalized spacial score (nSPS) is 16.6. The molecular weight excluding hydrogens is 296 g/mol. The molecule has 2 rings (SSSR count). The lowest BCUT2D eigenvalue weighted by molar-refractivity contribution is -0.128. The Labute approximate surface area is 137 Å². The van der Waals surface area contributed by atoms with E-state index >= 15 is 0 Å². The Morgan fingerprint density at radius 2 is 2.18 bits per heavy atom. The highest BCUT2D eigenvalue weighted by atomic mass is 32.2. The number of amides is 1. The number of carbonyl (C=O) groups is 1. The van der Waals surface area contributed by atoms with Gasteiger partial charge in [-0.1, -0.05) is 0 Å². The molecule has 0 aliphatic carbocycles. The van der Waals surface area contributed by atoms with Gasteiger partial charge in [0.05, 0.1) is 11.4 Å². The molecule has 1 fully saturated rings. The van der Waals surface area contributed by atoms with Crippen molar-refractivity contribution in [3.63, 3.8) is 0 Å². The largest absolute Gasteiger partial charge is 0.342 e. The highest BCUT2D eigenvalue weighted by Gasteiger charge is 2.17. The zero-order valence-electron chi connectivity index (χ0n) is 13.6. The third-order valence-corrected chi connectivity index (χ3v) is 5.07. The molecule has 1 unspecified atom stereocenters. The Morgan fingerprint density at radius 3 is 2.86 bits per heavy atom. The molecule has 0 radical (unpaired) electrons. The van der Waals surface area contributed by atoms with Gasteiger partial charge in [-0.15, -0.1) is 0 Å². The van der Waals surface area contributed by atoms with E-state index in [9.17, 15) is 4.79 Å². The lowest BCUT2D eigenvalue weighted by Gasteiger charge is -2.24. The fraction of sp³-hybridized carbons (Fsp3) is 0.688. The molecule has 122 valence electrons. The van der Waals surface area contributed by atoms with E-state index in [0.29, 0.717) is 5.75 Å². The van der Waals surface area contributed by atoms with Crippen LogP contribution in [0, 0.1) is 0 Å². The molecule has 2 heterocycles. The summed E-state index contributed by atoms with van der Waals surface area (Å²) in [5.41, 5.74) is 0.927. The summed E-state index contributed by atoms with van der Waals surface area (Å²) in [5.74, 6) is 1.80. The Hall–Kier alpha value is -1.14. The van der Waals surface area contributed by atoms with Crippen molar-refractivity contribution in [1.82, 2.24) is 19.8 Å². The van der Waals surface area contributed by atoms with Gasteiger partial charge < -0.3 is 9.80 Å². The van der Waals surface area contributed by atoms with Gasteiger partial charge in [-0.25, -0.2) is 0 Å². The minimum absolute atomic E-state index is 0.142. The van der Waals surface area contributed by atoms with E-state index in [1.54, 1.807) is 30.4 Å². The fourth-order valence-corrected chi connectivity index (χ4v) is 3.49. The van der Waals surface area contributed by atoms with Crippen LogP contribution in [0.3, 0.4) is 0 Å². The van der Waals surface area contributed by atoms with Gasteiger partial charge in [0.15, 0.2) is 0 Å². The Bertz CT molecular complexity index is 451. The summed E-state index contributed by atoms with van der Waals surface area (Å²) in [6.07, 6.45) is 8.52. The van der Waals surface area contributed by atoms with E-state index in [2.05, 4.69) is 21.8 Å². The van der Waals surface area contributed by atoms with Crippen LogP contribution in [-0.2, 0) is 11.2 Å². The number of aromatic nitrogens is 2. The maximum atomic E-state index is 12.2. The Kier molecular flexibility index (Phi) is 7.12. The second kappa shape index (κ2) is 9.10. The molecule has 1 amide bonds. The predicted octanol–water partition coefficient (Wildman–Crippen LogP) is 1.69. The number of hydrogen-bond acceptors (Lipinski definition) is 5. The predicted molar refractivity (Wildman–Crippen MR) is 91.0 cm³/mol. The van der Waals surface area contributed by atoms with Crippen molar-refractivity contribution in [3.8, 4) is 0 Å². The monoisotopic (exact) mass is 322 g/mol. The number of rotatable bonds is 8. The van der Waals surface area contributed by atoms with Crippen molar-refractivity contribution >= 4 is 17.7 Å². The van der Waals surface area contributed by atoms with Gasteiger partial charge in [-0.05, 0) is 32.9 Å². The zero-order valence-corrected chi connectivity index (χ0v) is 14.4. The van der Waals surface area contributed by atoms with Gasteiger partial charge >= 0.3 is 0 Å². The van der Waals surface area contributed by atoms with Gasteiger partial charge in [0, 0.05) is 50.4 Å². The highest BCUT2D eigenvalue weighted by Crippen LogP contribution is 2.11.